The van der Waals surface area contributed by atoms with Crippen LogP contribution in [0.4, 0.5) is 0 Å². The summed E-state index contributed by atoms with van der Waals surface area (Å²) in [5.41, 5.74) is 0.307. The highest BCUT2D eigenvalue weighted by atomic mass is 16.3. The van der Waals surface area contributed by atoms with Crippen LogP contribution in [0.3, 0.4) is 0 Å². The average Bonchev–Trinajstić information content (AvgIpc) is 2.99. The van der Waals surface area contributed by atoms with Crippen molar-refractivity contribution in [1.29, 1.82) is 0 Å². The van der Waals surface area contributed by atoms with E-state index in [9.17, 15) is 9.90 Å². The van der Waals surface area contributed by atoms with Crippen LogP contribution in [0.2, 0.25) is 0 Å². The minimum atomic E-state index is -0.516. The van der Waals surface area contributed by atoms with Gasteiger partial charge in [0.15, 0.2) is 5.82 Å². The molecule has 0 aliphatic rings. The number of hydrogen-bond donors (Lipinski definition) is 2. The number of nitrogens with one attached hydrogen (secondary N) is 1. The van der Waals surface area contributed by atoms with Crippen LogP contribution in [0.25, 0.3) is 5.82 Å². The van der Waals surface area contributed by atoms with Crippen molar-refractivity contribution in [2.75, 3.05) is 6.54 Å². The van der Waals surface area contributed by atoms with Crippen LogP contribution < -0.4 is 5.32 Å². The molecule has 1 amide bonds. The number of aromatic nitrogens is 3. The second kappa shape index (κ2) is 6.81. The Morgan fingerprint density at radius 3 is 3.00 bits per heavy atom. The lowest BCUT2D eigenvalue weighted by Gasteiger charge is -2.10. The van der Waals surface area contributed by atoms with Gasteiger partial charge in [0, 0.05) is 18.9 Å². The van der Waals surface area contributed by atoms with Crippen LogP contribution in [0.15, 0.2) is 36.7 Å². The van der Waals surface area contributed by atoms with E-state index < -0.39 is 6.10 Å². The Bertz CT molecular complexity index is 554. The molecule has 0 aliphatic carbocycles. The molecule has 0 radical (unpaired) electrons. The standard InChI is InChI=1S/C14H18N4O2/c1-2-5-11(19)10-15-14(20)12-6-3-7-13(17-12)18-9-4-8-16-18/h3-4,6-9,11,19H,2,5,10H2,1H3,(H,15,20). The summed E-state index contributed by atoms with van der Waals surface area (Å²) in [7, 11) is 0. The summed E-state index contributed by atoms with van der Waals surface area (Å²) in [5, 5.41) is 16.3. The van der Waals surface area contributed by atoms with Crippen molar-refractivity contribution < 1.29 is 9.90 Å². The van der Waals surface area contributed by atoms with Crippen LogP contribution >= 0.6 is 0 Å². The first-order valence-electron chi connectivity index (χ1n) is 6.64. The van der Waals surface area contributed by atoms with Crippen LogP contribution in [-0.2, 0) is 0 Å². The van der Waals surface area contributed by atoms with Gasteiger partial charge in [0.2, 0.25) is 0 Å². The Hall–Kier alpha value is -2.21. The van der Waals surface area contributed by atoms with Gasteiger partial charge in [-0.2, -0.15) is 5.10 Å². The summed E-state index contributed by atoms with van der Waals surface area (Å²) in [6.07, 6.45) is 4.44. The van der Waals surface area contributed by atoms with Gasteiger partial charge in [0.05, 0.1) is 6.10 Å². The van der Waals surface area contributed by atoms with Crippen molar-refractivity contribution in [2.24, 2.45) is 0 Å². The highest BCUT2D eigenvalue weighted by Gasteiger charge is 2.10. The molecule has 6 heteroatoms. The Labute approximate surface area is 117 Å². The van der Waals surface area contributed by atoms with Gasteiger partial charge in [-0.25, -0.2) is 9.67 Å². The molecule has 0 aliphatic heterocycles. The molecule has 0 spiro atoms. The summed E-state index contributed by atoms with van der Waals surface area (Å²) in [5.74, 6) is 0.283. The first-order chi connectivity index (χ1) is 9.70. The zero-order valence-electron chi connectivity index (χ0n) is 11.4. The van der Waals surface area contributed by atoms with Gasteiger partial charge in [-0.15, -0.1) is 0 Å². The van der Waals surface area contributed by atoms with E-state index in [2.05, 4.69) is 15.4 Å². The molecule has 106 valence electrons. The fourth-order valence-electron chi connectivity index (χ4n) is 1.82. The van der Waals surface area contributed by atoms with Gasteiger partial charge < -0.3 is 10.4 Å². The number of rotatable bonds is 6. The third-order valence-corrected chi connectivity index (χ3v) is 2.83. The second-order valence-corrected chi connectivity index (χ2v) is 4.48. The van der Waals surface area contributed by atoms with Gasteiger partial charge in [0.25, 0.3) is 5.91 Å². The van der Waals surface area contributed by atoms with Gasteiger partial charge in [-0.05, 0) is 24.6 Å². The van der Waals surface area contributed by atoms with Crippen molar-refractivity contribution in [3.05, 3.63) is 42.4 Å². The normalized spacial score (nSPS) is 12.1. The highest BCUT2D eigenvalue weighted by Crippen LogP contribution is 2.04. The van der Waals surface area contributed by atoms with Crippen molar-refractivity contribution in [2.45, 2.75) is 25.9 Å². The van der Waals surface area contributed by atoms with E-state index in [1.807, 2.05) is 6.92 Å². The number of aliphatic hydroxyl groups is 1. The summed E-state index contributed by atoms with van der Waals surface area (Å²) in [6, 6.07) is 6.95. The van der Waals surface area contributed by atoms with Crippen molar-refractivity contribution >= 4 is 5.91 Å². The number of hydrogen-bond acceptors (Lipinski definition) is 4. The van der Waals surface area contributed by atoms with E-state index in [1.165, 1.54) is 0 Å². The molecule has 2 N–H and O–H groups in total. The minimum absolute atomic E-state index is 0.236. The van der Waals surface area contributed by atoms with Gasteiger partial charge in [0.1, 0.15) is 5.69 Å². The molecule has 2 aromatic rings. The lowest BCUT2D eigenvalue weighted by molar-refractivity contribution is 0.0905. The van der Waals surface area contributed by atoms with Crippen molar-refractivity contribution in [3.8, 4) is 5.82 Å². The summed E-state index contributed by atoms with van der Waals surface area (Å²) >= 11 is 0. The number of pyridine rings is 1. The Morgan fingerprint density at radius 2 is 2.30 bits per heavy atom. The number of amides is 1. The summed E-state index contributed by atoms with van der Waals surface area (Å²) in [4.78, 5) is 16.2. The minimum Gasteiger partial charge on any atom is -0.391 e. The third-order valence-electron chi connectivity index (χ3n) is 2.83. The summed E-state index contributed by atoms with van der Waals surface area (Å²) in [6.45, 7) is 2.22. The smallest absolute Gasteiger partial charge is 0.270 e. The third kappa shape index (κ3) is 3.64. The molecule has 2 heterocycles. The molecular formula is C14H18N4O2. The first kappa shape index (κ1) is 14.2. The monoisotopic (exact) mass is 274 g/mol. The molecule has 1 unspecified atom stereocenters. The first-order valence-corrected chi connectivity index (χ1v) is 6.64. The number of aliphatic hydroxyl groups excluding tert-OH is 1. The Kier molecular flexibility index (Phi) is 4.84. The molecule has 6 nitrogen and oxygen atoms in total. The zero-order chi connectivity index (χ0) is 14.4. The van der Waals surface area contributed by atoms with Gasteiger partial charge >= 0.3 is 0 Å². The highest BCUT2D eigenvalue weighted by molar-refractivity contribution is 5.92. The molecule has 0 aromatic carbocycles. The van der Waals surface area contributed by atoms with Crippen LogP contribution in [0.5, 0.6) is 0 Å². The van der Waals surface area contributed by atoms with E-state index in [-0.39, 0.29) is 12.5 Å². The van der Waals surface area contributed by atoms with E-state index in [1.54, 1.807) is 41.3 Å². The van der Waals surface area contributed by atoms with Crippen LogP contribution in [0.1, 0.15) is 30.3 Å². The van der Waals surface area contributed by atoms with E-state index in [0.717, 1.165) is 6.42 Å². The van der Waals surface area contributed by atoms with Crippen molar-refractivity contribution in [1.82, 2.24) is 20.1 Å². The molecule has 0 fully saturated rings. The fourth-order valence-corrected chi connectivity index (χ4v) is 1.82. The number of carbonyl (C=O) groups excluding carboxylic acids is 1. The summed E-state index contributed by atoms with van der Waals surface area (Å²) < 4.78 is 1.59. The second-order valence-electron chi connectivity index (χ2n) is 4.48. The number of nitrogens with zero attached hydrogens (tertiary/aromatic N) is 3. The molecule has 0 saturated carbocycles. The fraction of sp³-hybridized carbons (Fsp3) is 0.357. The largest absolute Gasteiger partial charge is 0.391 e. The van der Waals surface area contributed by atoms with Crippen LogP contribution in [0, 0.1) is 0 Å². The molecule has 0 saturated heterocycles. The predicted molar refractivity (Wildman–Crippen MR) is 74.6 cm³/mol. The SMILES string of the molecule is CCCC(O)CNC(=O)c1cccc(-n2cccn2)n1. The van der Waals surface area contributed by atoms with Gasteiger partial charge in [-0.3, -0.25) is 4.79 Å². The Balaban J connectivity index is 2.02. The topological polar surface area (TPSA) is 80.0 Å². The average molecular weight is 274 g/mol. The molecule has 20 heavy (non-hydrogen) atoms. The quantitative estimate of drug-likeness (QED) is 0.828. The van der Waals surface area contributed by atoms with E-state index in [0.29, 0.717) is 17.9 Å². The predicted octanol–water partition coefficient (Wildman–Crippen LogP) is 1.16. The maximum absolute atomic E-state index is 12.0. The molecule has 0 bridgehead atoms. The molecule has 1 atom stereocenters. The molecule has 2 rings (SSSR count). The van der Waals surface area contributed by atoms with E-state index >= 15 is 0 Å². The lowest BCUT2D eigenvalue weighted by Crippen LogP contribution is -2.32. The maximum Gasteiger partial charge on any atom is 0.270 e. The molecule has 2 aromatic heterocycles. The zero-order valence-corrected chi connectivity index (χ0v) is 11.4. The maximum atomic E-state index is 12.0. The lowest BCUT2D eigenvalue weighted by atomic mass is 10.2. The molecular weight excluding hydrogens is 256 g/mol. The Morgan fingerprint density at radius 1 is 1.45 bits per heavy atom. The van der Waals surface area contributed by atoms with Gasteiger partial charge in [-0.1, -0.05) is 19.4 Å². The van der Waals surface area contributed by atoms with Crippen molar-refractivity contribution in [3.63, 3.8) is 0 Å². The number of carbonyl (C=O) groups is 1. The van der Waals surface area contributed by atoms with Crippen LogP contribution in [-0.4, -0.2) is 38.4 Å². The van der Waals surface area contributed by atoms with E-state index in [4.69, 9.17) is 0 Å².